The van der Waals surface area contributed by atoms with Crippen LogP contribution in [-0.4, -0.2) is 68.5 Å². The lowest BCUT2D eigenvalue weighted by atomic mass is 10.1. The van der Waals surface area contributed by atoms with Gasteiger partial charge in [-0.2, -0.15) is 0 Å². The van der Waals surface area contributed by atoms with Crippen LogP contribution in [0, 0.1) is 0 Å². The minimum Gasteiger partial charge on any atom is -0.756 e. The summed E-state index contributed by atoms with van der Waals surface area (Å²) in [6.45, 7) is 4.42. The van der Waals surface area contributed by atoms with Gasteiger partial charge in [-0.05, 0) is 83.5 Å². The second-order valence-corrected chi connectivity index (χ2v) is 16.4. The van der Waals surface area contributed by atoms with E-state index in [1.54, 1.807) is 6.08 Å². The maximum atomic E-state index is 12.8. The Morgan fingerprint density at radius 1 is 0.655 bits per heavy atom. The number of aliphatic hydroxyl groups excluding tert-OH is 1. The van der Waals surface area contributed by atoms with Gasteiger partial charge in [-0.1, -0.05) is 143 Å². The van der Waals surface area contributed by atoms with E-state index in [0.717, 1.165) is 70.6 Å². The van der Waals surface area contributed by atoms with Crippen LogP contribution in [0.15, 0.2) is 97.2 Å². The van der Waals surface area contributed by atoms with Crippen LogP contribution < -0.4 is 10.2 Å². The van der Waals surface area contributed by atoms with Crippen LogP contribution in [-0.2, 0) is 18.4 Å². The van der Waals surface area contributed by atoms with Crippen molar-refractivity contribution in [2.24, 2.45) is 0 Å². The van der Waals surface area contributed by atoms with Gasteiger partial charge in [0, 0.05) is 6.42 Å². The number of aliphatic hydroxyl groups is 1. The number of quaternary nitrogens is 1. The Labute approximate surface area is 337 Å². The summed E-state index contributed by atoms with van der Waals surface area (Å²) in [6, 6.07) is -0.931. The van der Waals surface area contributed by atoms with E-state index >= 15 is 0 Å². The van der Waals surface area contributed by atoms with Gasteiger partial charge in [-0.25, -0.2) is 0 Å². The number of unbranched alkanes of at least 4 members (excludes halogenated alkanes) is 9. The van der Waals surface area contributed by atoms with Crippen LogP contribution in [0.1, 0.15) is 136 Å². The van der Waals surface area contributed by atoms with Gasteiger partial charge in [-0.3, -0.25) is 9.36 Å². The fraction of sp³-hybridized carbons (Fsp3) is 0.630. The third kappa shape index (κ3) is 39.5. The van der Waals surface area contributed by atoms with Gasteiger partial charge in [0.2, 0.25) is 5.91 Å². The van der Waals surface area contributed by atoms with Crippen LogP contribution in [0.25, 0.3) is 0 Å². The number of hydrogen-bond acceptors (Lipinski definition) is 6. The predicted octanol–water partition coefficient (Wildman–Crippen LogP) is 10.9. The van der Waals surface area contributed by atoms with Gasteiger partial charge in [0.15, 0.2) is 0 Å². The molecule has 0 spiro atoms. The monoisotopic (exact) mass is 787 g/mol. The molecule has 0 rings (SSSR count). The number of amides is 1. The van der Waals surface area contributed by atoms with Crippen molar-refractivity contribution in [1.29, 1.82) is 0 Å². The molecule has 314 valence electrons. The molecule has 0 saturated carbocycles. The number of carbonyl (C=O) groups is 1. The Kier molecular flexibility index (Phi) is 35.3. The van der Waals surface area contributed by atoms with E-state index in [1.807, 2.05) is 27.2 Å². The quantitative estimate of drug-likeness (QED) is 0.0283. The Bertz CT molecular complexity index is 1210. The molecule has 0 aromatic carbocycles. The number of rotatable bonds is 36. The summed E-state index contributed by atoms with van der Waals surface area (Å²) in [6.07, 6.45) is 51.7. The van der Waals surface area contributed by atoms with Crippen molar-refractivity contribution >= 4 is 13.7 Å². The molecule has 3 unspecified atom stereocenters. The molecular formula is C46H79N2O6P. The SMILES string of the molecule is CC/C=C\C/C=C\C/C=C\C/C=C\C/C=C\C/C=C\CCCCC(=O)NC(COP(=O)([O-])OCC[N+](C)(C)C)C(O)/C=C/CC/C=C/CCCCCCCC. The average Bonchev–Trinajstić information content (AvgIpc) is 3.13. The van der Waals surface area contributed by atoms with Crippen molar-refractivity contribution in [3.05, 3.63) is 97.2 Å². The molecule has 0 radical (unpaired) electrons. The first-order valence-electron chi connectivity index (χ1n) is 21.1. The molecular weight excluding hydrogens is 707 g/mol. The molecule has 3 atom stereocenters. The zero-order valence-corrected chi connectivity index (χ0v) is 36.2. The second-order valence-electron chi connectivity index (χ2n) is 14.9. The van der Waals surface area contributed by atoms with Crippen molar-refractivity contribution in [2.75, 3.05) is 40.9 Å². The molecule has 0 fully saturated rings. The van der Waals surface area contributed by atoms with Crippen LogP contribution in [0.5, 0.6) is 0 Å². The normalized spacial score (nSPS) is 15.4. The van der Waals surface area contributed by atoms with Crippen molar-refractivity contribution in [1.82, 2.24) is 5.32 Å². The largest absolute Gasteiger partial charge is 0.756 e. The summed E-state index contributed by atoms with van der Waals surface area (Å²) >= 11 is 0. The summed E-state index contributed by atoms with van der Waals surface area (Å²) in [4.78, 5) is 25.2. The molecule has 0 aromatic rings. The molecule has 2 N–H and O–H groups in total. The van der Waals surface area contributed by atoms with Crippen LogP contribution in [0.2, 0.25) is 0 Å². The number of nitrogens with zero attached hydrogens (tertiary/aromatic N) is 1. The van der Waals surface area contributed by atoms with E-state index < -0.39 is 26.6 Å². The zero-order valence-electron chi connectivity index (χ0n) is 35.3. The van der Waals surface area contributed by atoms with Gasteiger partial charge in [0.25, 0.3) is 7.82 Å². The van der Waals surface area contributed by atoms with E-state index in [2.05, 4.69) is 104 Å². The number of allylic oxidation sites excluding steroid dienone is 15. The summed E-state index contributed by atoms with van der Waals surface area (Å²) < 4.78 is 23.1. The lowest BCUT2D eigenvalue weighted by Gasteiger charge is -2.29. The zero-order chi connectivity index (χ0) is 40.7. The third-order valence-electron chi connectivity index (χ3n) is 8.53. The van der Waals surface area contributed by atoms with Crippen LogP contribution >= 0.6 is 7.82 Å². The van der Waals surface area contributed by atoms with Gasteiger partial charge in [0.1, 0.15) is 13.2 Å². The lowest BCUT2D eigenvalue weighted by Crippen LogP contribution is -2.45. The summed E-state index contributed by atoms with van der Waals surface area (Å²) in [7, 11) is 1.19. The van der Waals surface area contributed by atoms with Crippen molar-refractivity contribution in [3.63, 3.8) is 0 Å². The molecule has 0 aromatic heterocycles. The average molecular weight is 787 g/mol. The van der Waals surface area contributed by atoms with Gasteiger partial charge >= 0.3 is 0 Å². The highest BCUT2D eigenvalue weighted by molar-refractivity contribution is 7.45. The molecule has 0 aliphatic rings. The van der Waals surface area contributed by atoms with E-state index in [1.165, 1.54) is 38.5 Å². The first-order chi connectivity index (χ1) is 26.5. The van der Waals surface area contributed by atoms with E-state index in [0.29, 0.717) is 17.4 Å². The van der Waals surface area contributed by atoms with Gasteiger partial charge < -0.3 is 28.8 Å². The van der Waals surface area contributed by atoms with Crippen molar-refractivity contribution in [2.45, 2.75) is 148 Å². The summed E-state index contributed by atoms with van der Waals surface area (Å²) in [5, 5.41) is 13.7. The molecule has 0 heterocycles. The predicted molar refractivity (Wildman–Crippen MR) is 233 cm³/mol. The molecule has 8 nitrogen and oxygen atoms in total. The first-order valence-corrected chi connectivity index (χ1v) is 22.6. The third-order valence-corrected chi connectivity index (χ3v) is 9.49. The second kappa shape index (κ2) is 37.0. The smallest absolute Gasteiger partial charge is 0.268 e. The Hall–Kier alpha value is -2.58. The van der Waals surface area contributed by atoms with Crippen molar-refractivity contribution in [3.8, 4) is 0 Å². The number of likely N-dealkylation sites (N-methyl/N-ethyl adjacent to an activating group) is 1. The maximum Gasteiger partial charge on any atom is 0.268 e. The molecule has 0 saturated heterocycles. The minimum absolute atomic E-state index is 0.0209. The van der Waals surface area contributed by atoms with Crippen LogP contribution in [0.4, 0.5) is 0 Å². The molecule has 55 heavy (non-hydrogen) atoms. The van der Waals surface area contributed by atoms with E-state index in [4.69, 9.17) is 9.05 Å². The molecule has 0 bridgehead atoms. The number of phosphoric acid groups is 1. The van der Waals surface area contributed by atoms with Gasteiger partial charge in [-0.15, -0.1) is 0 Å². The van der Waals surface area contributed by atoms with E-state index in [9.17, 15) is 19.4 Å². The summed E-state index contributed by atoms with van der Waals surface area (Å²) in [5.74, 6) is -0.256. The van der Waals surface area contributed by atoms with Gasteiger partial charge in [0.05, 0.1) is 39.9 Å². The number of hydrogen-bond donors (Lipinski definition) is 2. The number of nitrogens with one attached hydrogen (secondary N) is 1. The Morgan fingerprint density at radius 3 is 1.69 bits per heavy atom. The standard InChI is InChI=1S/C46H79N2O6P/c1-6-8-10-12-14-16-18-20-21-22-23-24-25-26-27-28-30-32-34-36-38-40-46(50)47-44(43-54-55(51,52)53-42-41-48(3,4)5)45(49)39-37-35-33-31-29-19-17-15-13-11-9-7-2/h8,10,14,16,20-21,23-24,26-27,29-32,37,39,44-45,49H,6-7,9,11-13,15,17-19,22,25,28,33-36,38,40-43H2,1-5H3,(H-,47,50,51,52)/b10-8-,16-14-,21-20-,24-23-,27-26-,31-29+,32-30-,39-37+. The molecule has 9 heteroatoms. The molecule has 1 amide bonds. The number of phosphoric ester groups is 1. The molecule has 0 aliphatic carbocycles. The Balaban J connectivity index is 4.58. The summed E-state index contributed by atoms with van der Waals surface area (Å²) in [5.41, 5.74) is 0. The van der Waals surface area contributed by atoms with E-state index in [-0.39, 0.29) is 18.9 Å². The highest BCUT2D eigenvalue weighted by Gasteiger charge is 2.23. The lowest BCUT2D eigenvalue weighted by molar-refractivity contribution is -0.870. The fourth-order valence-corrected chi connectivity index (χ4v) is 5.89. The topological polar surface area (TPSA) is 108 Å². The molecule has 0 aliphatic heterocycles. The first kappa shape index (κ1) is 52.4. The highest BCUT2D eigenvalue weighted by Crippen LogP contribution is 2.38. The maximum absolute atomic E-state index is 12.8. The highest BCUT2D eigenvalue weighted by atomic mass is 31.2. The van der Waals surface area contributed by atoms with Crippen molar-refractivity contribution < 1.29 is 32.9 Å². The number of carbonyl (C=O) groups excluding carboxylic acids is 1. The minimum atomic E-state index is -4.61. The Morgan fingerprint density at radius 2 is 1.13 bits per heavy atom. The van der Waals surface area contributed by atoms with Crippen LogP contribution in [0.3, 0.4) is 0 Å². The fourth-order valence-electron chi connectivity index (χ4n) is 5.17.